The first-order valence-corrected chi connectivity index (χ1v) is 8.00. The fourth-order valence-corrected chi connectivity index (χ4v) is 1.97. The van der Waals surface area contributed by atoms with Crippen LogP contribution < -0.4 is 0 Å². The molecule has 0 aliphatic heterocycles. The Morgan fingerprint density at radius 3 is 2.04 bits per heavy atom. The topological polar surface area (TPSA) is 37.6 Å². The molecule has 0 spiro atoms. The molecule has 2 rings (SSSR count). The van der Waals surface area contributed by atoms with Crippen LogP contribution in [0, 0.1) is 0 Å². The quantitative estimate of drug-likeness (QED) is 0.287. The van der Waals surface area contributed by atoms with E-state index in [1.54, 1.807) is 13.0 Å². The minimum atomic E-state index is -6.00. The van der Waals surface area contributed by atoms with Crippen molar-refractivity contribution in [2.75, 3.05) is 6.61 Å². The maximum absolute atomic E-state index is 12.0. The summed E-state index contributed by atoms with van der Waals surface area (Å²) >= 11 is 0. The molecule has 0 fully saturated rings. The second kappa shape index (κ2) is 8.83. The minimum absolute atomic E-state index is 0.188. The number of esters is 1. The molecule has 2 aromatic rings. The van der Waals surface area contributed by atoms with E-state index in [9.17, 15) is 22.1 Å². The largest absolute Gasteiger partial charge is 0.673 e. The van der Waals surface area contributed by atoms with Gasteiger partial charge in [0.05, 0.1) is 18.1 Å². The molecule has 0 radical (unpaired) electrons. The molecule has 1 aromatic heterocycles. The first-order chi connectivity index (χ1) is 11.9. The lowest BCUT2D eigenvalue weighted by molar-refractivity contribution is 0.0482. The van der Waals surface area contributed by atoms with Gasteiger partial charge < -0.3 is 22.0 Å². The number of hydrogen-bond donors (Lipinski definition) is 0. The Kier molecular flexibility index (Phi) is 7.35. The van der Waals surface area contributed by atoms with Crippen LogP contribution in [0.5, 0.6) is 0 Å². The third kappa shape index (κ3) is 7.67. The average molecular weight is 372 g/mol. The van der Waals surface area contributed by atoms with E-state index in [1.807, 2.05) is 36.4 Å². The Morgan fingerprint density at radius 1 is 1.04 bits per heavy atom. The smallest absolute Gasteiger partial charge is 0.456 e. The second-order valence-corrected chi connectivity index (χ2v) is 6.41. The Balaban J connectivity index is 0.000000597. The number of halogens is 4. The van der Waals surface area contributed by atoms with Gasteiger partial charge >= 0.3 is 24.7 Å². The van der Waals surface area contributed by atoms with E-state index in [-0.39, 0.29) is 11.2 Å². The molecule has 0 N–H and O–H groups in total. The minimum Gasteiger partial charge on any atom is -0.456 e. The van der Waals surface area contributed by atoms with Gasteiger partial charge in [-0.05, 0) is 33.3 Å². The van der Waals surface area contributed by atoms with Crippen LogP contribution in [0.15, 0.2) is 46.9 Å². The fraction of sp³-hybridized carbons (Fsp3) is 0.333. The average Bonchev–Trinajstić information content (AvgIpc) is 2.53. The van der Waals surface area contributed by atoms with Gasteiger partial charge in [0.25, 0.3) is 0 Å². The summed E-state index contributed by atoms with van der Waals surface area (Å²) in [6.07, 6.45) is 0. The highest BCUT2D eigenvalue weighted by Gasteiger charge is 2.32. The highest BCUT2D eigenvalue weighted by Crippen LogP contribution is 2.29. The summed E-state index contributed by atoms with van der Waals surface area (Å²) in [5.74, 6) is 0.566. The third-order valence-corrected chi connectivity index (χ3v) is 3.12. The highest BCUT2D eigenvalue weighted by atomic mass is 19.5. The van der Waals surface area contributed by atoms with Crippen molar-refractivity contribution in [2.24, 2.45) is 0 Å². The SMILES string of the molecule is CCOC(=O)c1cc(-c2ccccc2)cc(C(C)(C)C)[o+]1.F[B-](F)(F)F. The summed E-state index contributed by atoms with van der Waals surface area (Å²) in [4.78, 5) is 12.0. The van der Waals surface area contributed by atoms with Gasteiger partial charge in [-0.15, -0.1) is 0 Å². The Hall–Kier alpha value is -2.38. The summed E-state index contributed by atoms with van der Waals surface area (Å²) in [6.45, 7) is 8.26. The van der Waals surface area contributed by atoms with Crippen LogP contribution in [0.3, 0.4) is 0 Å². The predicted octanol–water partition coefficient (Wildman–Crippen LogP) is 6.00. The van der Waals surface area contributed by atoms with E-state index in [4.69, 9.17) is 9.15 Å². The number of benzene rings is 1. The molecule has 0 atom stereocenters. The first-order valence-electron chi connectivity index (χ1n) is 8.00. The molecule has 0 aliphatic carbocycles. The van der Waals surface area contributed by atoms with Crippen molar-refractivity contribution >= 4 is 13.2 Å². The standard InChI is InChI=1S/C18H21O3.BF4/c1-5-20-17(19)15-11-14(13-9-7-6-8-10-13)12-16(21-15)18(2,3)4;2-1(3,4)5/h6-12H,5H2,1-4H3;/q+1;-1. The predicted molar refractivity (Wildman–Crippen MR) is 93.4 cm³/mol. The van der Waals surface area contributed by atoms with Gasteiger partial charge in [-0.25, -0.2) is 9.21 Å². The van der Waals surface area contributed by atoms with Gasteiger partial charge in [-0.3, -0.25) is 0 Å². The van der Waals surface area contributed by atoms with E-state index in [2.05, 4.69) is 20.8 Å². The molecule has 8 heteroatoms. The molecule has 1 heterocycles. The van der Waals surface area contributed by atoms with Crippen LogP contribution in [0.1, 0.15) is 44.0 Å². The second-order valence-electron chi connectivity index (χ2n) is 6.41. The molecule has 0 unspecified atom stereocenters. The molecule has 0 amide bonds. The summed E-state index contributed by atoms with van der Waals surface area (Å²) in [5.41, 5.74) is 1.81. The normalized spacial score (nSPS) is 11.4. The van der Waals surface area contributed by atoms with Crippen LogP contribution in [-0.2, 0) is 10.2 Å². The number of rotatable bonds is 3. The van der Waals surface area contributed by atoms with Gasteiger partial charge in [0.1, 0.15) is 0 Å². The van der Waals surface area contributed by atoms with Crippen molar-refractivity contribution in [3.63, 3.8) is 0 Å². The van der Waals surface area contributed by atoms with E-state index < -0.39 is 13.2 Å². The summed E-state index contributed by atoms with van der Waals surface area (Å²) in [5, 5.41) is 0. The Bertz CT molecular complexity index is 719. The molecule has 3 nitrogen and oxygen atoms in total. The lowest BCUT2D eigenvalue weighted by Gasteiger charge is -2.10. The zero-order valence-corrected chi connectivity index (χ0v) is 15.1. The number of carbonyl (C=O) groups is 1. The fourth-order valence-electron chi connectivity index (χ4n) is 1.97. The molecule has 142 valence electrons. The van der Waals surface area contributed by atoms with Crippen LogP contribution >= 0.6 is 0 Å². The van der Waals surface area contributed by atoms with E-state index in [0.29, 0.717) is 6.61 Å². The number of carbonyl (C=O) groups excluding carboxylic acids is 1. The first kappa shape index (κ1) is 21.7. The molecule has 0 aliphatic rings. The van der Waals surface area contributed by atoms with Gasteiger partial charge in [0.2, 0.25) is 0 Å². The van der Waals surface area contributed by atoms with Gasteiger partial charge in [-0.1, -0.05) is 30.3 Å². The van der Waals surface area contributed by atoms with Crippen molar-refractivity contribution < 1.29 is 31.2 Å². The highest BCUT2D eigenvalue weighted by molar-refractivity contribution is 6.50. The number of ether oxygens (including phenoxy) is 1. The molecular formula is C18H21BF4O3. The molecule has 1 aromatic carbocycles. The lowest BCUT2D eigenvalue weighted by atomic mass is 9.91. The van der Waals surface area contributed by atoms with Crippen LogP contribution in [0.25, 0.3) is 11.1 Å². The van der Waals surface area contributed by atoms with Crippen molar-refractivity contribution in [1.29, 1.82) is 0 Å². The van der Waals surface area contributed by atoms with Crippen molar-refractivity contribution in [3.8, 4) is 11.1 Å². The summed E-state index contributed by atoms with van der Waals surface area (Å²) in [6, 6.07) is 13.7. The molecule has 0 saturated carbocycles. The monoisotopic (exact) mass is 372 g/mol. The van der Waals surface area contributed by atoms with Crippen LogP contribution in [-0.4, -0.2) is 19.8 Å². The molecular weight excluding hydrogens is 351 g/mol. The van der Waals surface area contributed by atoms with Gasteiger partial charge in [0, 0.05) is 11.6 Å². The maximum atomic E-state index is 12.0. The summed E-state index contributed by atoms with van der Waals surface area (Å²) in [7, 11) is -6.00. The van der Waals surface area contributed by atoms with Gasteiger partial charge in [0.15, 0.2) is 0 Å². The van der Waals surface area contributed by atoms with Crippen molar-refractivity contribution in [3.05, 3.63) is 54.0 Å². The van der Waals surface area contributed by atoms with E-state index in [0.717, 1.165) is 16.9 Å². The zero-order chi connectivity index (χ0) is 20.0. The molecule has 0 saturated heterocycles. The summed E-state index contributed by atoms with van der Waals surface area (Å²) < 4.78 is 49.8. The van der Waals surface area contributed by atoms with Gasteiger partial charge in [-0.2, -0.15) is 0 Å². The Morgan fingerprint density at radius 2 is 1.58 bits per heavy atom. The van der Waals surface area contributed by atoms with Crippen LogP contribution in [0.2, 0.25) is 0 Å². The van der Waals surface area contributed by atoms with E-state index >= 15 is 0 Å². The third-order valence-electron chi connectivity index (χ3n) is 3.12. The van der Waals surface area contributed by atoms with Crippen molar-refractivity contribution in [1.82, 2.24) is 0 Å². The van der Waals surface area contributed by atoms with E-state index in [1.165, 1.54) is 0 Å². The van der Waals surface area contributed by atoms with Crippen molar-refractivity contribution in [2.45, 2.75) is 33.1 Å². The lowest BCUT2D eigenvalue weighted by Crippen LogP contribution is -2.13. The molecule has 26 heavy (non-hydrogen) atoms. The number of hydrogen-bond acceptors (Lipinski definition) is 2. The zero-order valence-electron chi connectivity index (χ0n) is 15.1. The van der Waals surface area contributed by atoms with Crippen LogP contribution in [0.4, 0.5) is 17.3 Å². The Labute approximate surface area is 150 Å². The molecule has 0 bridgehead atoms. The maximum Gasteiger partial charge on any atom is 0.673 e.